The van der Waals surface area contributed by atoms with Gasteiger partial charge < -0.3 is 15.2 Å². The van der Waals surface area contributed by atoms with Gasteiger partial charge in [-0.25, -0.2) is 15.3 Å². The van der Waals surface area contributed by atoms with E-state index >= 15 is 0 Å². The maximum atomic E-state index is 12.7. The topological polar surface area (TPSA) is 151 Å². The SMILES string of the molecule is Cc1cc(COc2ccc(C(=O)NC(CC(=O)NO)c3nccs3)cc2)c2ccccc2n1.O=C(O)C(F)(F)F. The van der Waals surface area contributed by atoms with E-state index < -0.39 is 24.1 Å². The number of aromatic nitrogens is 2. The molecule has 0 radical (unpaired) electrons. The van der Waals surface area contributed by atoms with Gasteiger partial charge in [0.05, 0.1) is 18.0 Å². The molecule has 0 bridgehead atoms. The summed E-state index contributed by atoms with van der Waals surface area (Å²) in [5.74, 6) is -3.10. The van der Waals surface area contributed by atoms with E-state index in [1.807, 2.05) is 37.3 Å². The number of fused-ring (bicyclic) bond motifs is 1. The maximum Gasteiger partial charge on any atom is 0.490 e. The first-order chi connectivity index (χ1) is 19.0. The van der Waals surface area contributed by atoms with Gasteiger partial charge in [-0.1, -0.05) is 18.2 Å². The molecule has 1 atom stereocenters. The second kappa shape index (κ2) is 13.5. The number of hydrogen-bond acceptors (Lipinski definition) is 8. The number of rotatable bonds is 8. The Bertz CT molecular complexity index is 1460. The highest BCUT2D eigenvalue weighted by Crippen LogP contribution is 2.23. The third-order valence-corrected chi connectivity index (χ3v) is 6.14. The van der Waals surface area contributed by atoms with Crippen molar-refractivity contribution in [2.75, 3.05) is 0 Å². The number of amides is 2. The van der Waals surface area contributed by atoms with Crippen LogP contribution in [0.15, 0.2) is 66.2 Å². The van der Waals surface area contributed by atoms with Gasteiger partial charge in [-0.2, -0.15) is 13.2 Å². The van der Waals surface area contributed by atoms with Crippen molar-refractivity contribution in [1.29, 1.82) is 0 Å². The lowest BCUT2D eigenvalue weighted by molar-refractivity contribution is -0.192. The minimum Gasteiger partial charge on any atom is -0.489 e. The summed E-state index contributed by atoms with van der Waals surface area (Å²) in [6.07, 6.45) is -3.62. The smallest absolute Gasteiger partial charge is 0.489 e. The Balaban J connectivity index is 0.000000559. The number of para-hydroxylation sites is 1. The molecule has 1 unspecified atom stereocenters. The molecule has 2 heterocycles. The number of pyridine rings is 1. The number of carbonyl (C=O) groups excluding carboxylic acids is 2. The molecule has 0 aliphatic heterocycles. The molecule has 2 aromatic carbocycles. The summed E-state index contributed by atoms with van der Waals surface area (Å²) >= 11 is 1.32. The molecule has 210 valence electrons. The van der Waals surface area contributed by atoms with Crippen LogP contribution in [0.2, 0.25) is 0 Å². The lowest BCUT2D eigenvalue weighted by Gasteiger charge is -2.16. The first kappa shape index (κ1) is 30.0. The number of carbonyl (C=O) groups is 3. The number of halogens is 3. The van der Waals surface area contributed by atoms with Crippen LogP contribution in [0.4, 0.5) is 13.2 Å². The number of aryl methyl sites for hydroxylation is 1. The molecule has 0 spiro atoms. The van der Waals surface area contributed by atoms with Gasteiger partial charge in [-0.15, -0.1) is 11.3 Å². The largest absolute Gasteiger partial charge is 0.490 e. The summed E-state index contributed by atoms with van der Waals surface area (Å²) in [6, 6.07) is 16.0. The molecule has 0 fully saturated rings. The van der Waals surface area contributed by atoms with Gasteiger partial charge in [0.1, 0.15) is 17.4 Å². The Morgan fingerprint density at radius 2 is 1.77 bits per heavy atom. The Morgan fingerprint density at radius 1 is 1.10 bits per heavy atom. The minimum absolute atomic E-state index is 0.129. The fraction of sp³-hybridized carbons (Fsp3) is 0.192. The average Bonchev–Trinajstić information content (AvgIpc) is 3.46. The van der Waals surface area contributed by atoms with Crippen molar-refractivity contribution >= 4 is 40.0 Å². The van der Waals surface area contributed by atoms with Gasteiger partial charge in [-0.3, -0.25) is 19.8 Å². The number of alkyl halides is 3. The van der Waals surface area contributed by atoms with Crippen LogP contribution >= 0.6 is 11.3 Å². The molecule has 2 amide bonds. The molecule has 0 saturated carbocycles. The second-order valence-electron chi connectivity index (χ2n) is 8.19. The number of carboxylic acids is 1. The van der Waals surface area contributed by atoms with Gasteiger partial charge in [0.15, 0.2) is 0 Å². The number of benzene rings is 2. The fourth-order valence-electron chi connectivity index (χ4n) is 3.46. The zero-order valence-corrected chi connectivity index (χ0v) is 21.6. The molecule has 4 rings (SSSR count). The van der Waals surface area contributed by atoms with Crippen molar-refractivity contribution in [3.63, 3.8) is 0 Å². The van der Waals surface area contributed by atoms with E-state index in [2.05, 4.69) is 15.3 Å². The van der Waals surface area contributed by atoms with Crippen LogP contribution in [0.1, 0.15) is 39.1 Å². The average molecular weight is 577 g/mol. The number of ether oxygens (including phenoxy) is 1. The van der Waals surface area contributed by atoms with Gasteiger partial charge in [0.2, 0.25) is 5.91 Å². The van der Waals surface area contributed by atoms with Crippen molar-refractivity contribution in [2.24, 2.45) is 0 Å². The molecule has 2 aromatic heterocycles. The van der Waals surface area contributed by atoms with Crippen LogP contribution in [-0.4, -0.2) is 44.2 Å². The number of nitrogens with zero attached hydrogens (tertiary/aromatic N) is 2. The van der Waals surface area contributed by atoms with Crippen LogP contribution in [0.3, 0.4) is 0 Å². The van der Waals surface area contributed by atoms with Gasteiger partial charge >= 0.3 is 12.1 Å². The monoisotopic (exact) mass is 576 g/mol. The third-order valence-electron chi connectivity index (χ3n) is 5.25. The summed E-state index contributed by atoms with van der Waals surface area (Å²) < 4.78 is 37.7. The Labute approximate surface area is 229 Å². The zero-order chi connectivity index (χ0) is 29.3. The lowest BCUT2D eigenvalue weighted by atomic mass is 10.1. The van der Waals surface area contributed by atoms with Crippen LogP contribution in [-0.2, 0) is 16.2 Å². The predicted octanol–water partition coefficient (Wildman–Crippen LogP) is 4.58. The number of thiazole rings is 1. The Morgan fingerprint density at radius 3 is 2.38 bits per heavy atom. The van der Waals surface area contributed by atoms with E-state index in [-0.39, 0.29) is 12.3 Å². The molecule has 0 aliphatic rings. The number of nitrogens with one attached hydrogen (secondary N) is 2. The summed E-state index contributed by atoms with van der Waals surface area (Å²) in [4.78, 5) is 41.9. The van der Waals surface area contributed by atoms with Crippen LogP contribution < -0.4 is 15.5 Å². The van der Waals surface area contributed by atoms with Crippen molar-refractivity contribution in [2.45, 2.75) is 32.2 Å². The molecule has 0 aliphatic carbocycles. The molecule has 10 nitrogen and oxygen atoms in total. The van der Waals surface area contributed by atoms with E-state index in [1.54, 1.807) is 41.3 Å². The molecular formula is C26H23F3N4O6S. The fourth-order valence-corrected chi connectivity index (χ4v) is 4.15. The zero-order valence-electron chi connectivity index (χ0n) is 20.8. The highest BCUT2D eigenvalue weighted by atomic mass is 32.1. The first-order valence-corrected chi connectivity index (χ1v) is 12.4. The second-order valence-corrected chi connectivity index (χ2v) is 9.12. The molecular weight excluding hydrogens is 553 g/mol. The lowest BCUT2D eigenvalue weighted by Crippen LogP contribution is -2.32. The van der Waals surface area contributed by atoms with Gasteiger partial charge in [0.25, 0.3) is 5.91 Å². The standard InChI is InChI=1S/C24H22N4O4S.C2HF3O2/c1-15-12-17(19-4-2-3-5-20(19)26-15)14-32-18-8-6-16(7-9-18)23(30)27-21(13-22(29)28-31)24-25-10-11-33-24;3-2(4,5)1(6)7/h2-12,21,31H,13-14H2,1H3,(H,27,30)(H,28,29);(H,6,7). The van der Waals surface area contributed by atoms with Crippen LogP contribution in [0.5, 0.6) is 5.75 Å². The van der Waals surface area contributed by atoms with E-state index in [9.17, 15) is 22.8 Å². The number of carboxylic acid groups (broad SMARTS) is 1. The normalized spacial score (nSPS) is 11.6. The highest BCUT2D eigenvalue weighted by Gasteiger charge is 2.38. The summed E-state index contributed by atoms with van der Waals surface area (Å²) in [5.41, 5.74) is 4.88. The number of hydroxylamine groups is 1. The predicted molar refractivity (Wildman–Crippen MR) is 138 cm³/mol. The molecule has 40 heavy (non-hydrogen) atoms. The molecule has 14 heteroatoms. The minimum atomic E-state index is -5.08. The van der Waals surface area contributed by atoms with E-state index in [0.717, 1.165) is 22.2 Å². The summed E-state index contributed by atoms with van der Waals surface area (Å²) in [5, 5.41) is 22.1. The van der Waals surface area contributed by atoms with Crippen molar-refractivity contribution in [1.82, 2.24) is 20.8 Å². The van der Waals surface area contributed by atoms with Gasteiger partial charge in [-0.05, 0) is 43.3 Å². The van der Waals surface area contributed by atoms with Crippen molar-refractivity contribution in [3.8, 4) is 5.75 Å². The highest BCUT2D eigenvalue weighted by molar-refractivity contribution is 7.09. The third kappa shape index (κ3) is 8.47. The molecule has 4 aromatic rings. The van der Waals surface area contributed by atoms with Crippen molar-refractivity contribution < 1.29 is 42.6 Å². The van der Waals surface area contributed by atoms with E-state index in [4.69, 9.17) is 19.8 Å². The summed E-state index contributed by atoms with van der Waals surface area (Å²) in [6.45, 7) is 2.32. The Hall–Kier alpha value is -4.56. The number of hydrogen-bond donors (Lipinski definition) is 4. The van der Waals surface area contributed by atoms with Crippen molar-refractivity contribution in [3.05, 3.63) is 88.0 Å². The number of aliphatic carboxylic acids is 1. The van der Waals surface area contributed by atoms with Crippen LogP contribution in [0.25, 0.3) is 10.9 Å². The summed E-state index contributed by atoms with van der Waals surface area (Å²) in [7, 11) is 0. The maximum absolute atomic E-state index is 12.7. The van der Waals surface area contributed by atoms with Crippen LogP contribution in [0, 0.1) is 6.92 Å². The Kier molecular flexibility index (Phi) is 10.1. The van der Waals surface area contributed by atoms with Gasteiger partial charge in [0, 0.05) is 33.8 Å². The molecule has 4 N–H and O–H groups in total. The molecule has 0 saturated heterocycles. The van der Waals surface area contributed by atoms with E-state index in [0.29, 0.717) is 22.9 Å². The first-order valence-electron chi connectivity index (χ1n) is 11.5. The van der Waals surface area contributed by atoms with E-state index in [1.165, 1.54) is 11.3 Å². The quantitative estimate of drug-likeness (QED) is 0.176.